The molecular weight excluding hydrogens is 394 g/mol. The predicted molar refractivity (Wildman–Crippen MR) is 101 cm³/mol. The second kappa shape index (κ2) is 6.74. The maximum Gasteiger partial charge on any atom is 0.248 e. The minimum atomic E-state index is -3.66. The molecule has 0 aromatic carbocycles. The van der Waals surface area contributed by atoms with Gasteiger partial charge >= 0.3 is 0 Å². The molecular formula is C19H21N5O4S. The lowest BCUT2D eigenvalue weighted by Crippen LogP contribution is -2.46. The molecule has 2 aliphatic heterocycles. The third kappa shape index (κ3) is 2.98. The fourth-order valence-electron chi connectivity index (χ4n) is 4.69. The quantitative estimate of drug-likeness (QED) is 0.639. The zero-order valence-corrected chi connectivity index (χ0v) is 17.0. The lowest BCUT2D eigenvalue weighted by molar-refractivity contribution is 0.201. The summed E-state index contributed by atoms with van der Waals surface area (Å²) in [7, 11) is -3.66. The fourth-order valence-corrected chi connectivity index (χ4v) is 6.88. The zero-order chi connectivity index (χ0) is 20.2. The van der Waals surface area contributed by atoms with Crippen LogP contribution < -0.4 is 0 Å². The first-order valence-corrected chi connectivity index (χ1v) is 11.1. The normalized spacial score (nSPS) is 24.8. The van der Waals surface area contributed by atoms with Gasteiger partial charge in [-0.25, -0.2) is 8.42 Å². The van der Waals surface area contributed by atoms with Crippen LogP contribution in [0, 0.1) is 13.8 Å². The summed E-state index contributed by atoms with van der Waals surface area (Å²) < 4.78 is 39.0. The number of pyridine rings is 1. The van der Waals surface area contributed by atoms with E-state index in [2.05, 4.69) is 20.3 Å². The number of fused-ring (bicyclic) bond motifs is 2. The number of rotatable bonds is 4. The summed E-state index contributed by atoms with van der Waals surface area (Å²) in [6.07, 6.45) is 6.36. The van der Waals surface area contributed by atoms with Crippen LogP contribution in [-0.2, 0) is 10.0 Å². The van der Waals surface area contributed by atoms with Crippen LogP contribution in [-0.4, -0.2) is 45.1 Å². The standard InChI is InChI=1S/C19H21N5O4S/c1-11-17(12(2)27-22-11)29(25,26)24-15-5-6-16(24)9-14(8-15)19-21-18(23-28-19)13-4-3-7-20-10-13/h3-4,7,10,14-16H,5-6,8-9H2,1-2H3/t14?,15-,16+. The molecule has 9 nitrogen and oxygen atoms in total. The average molecular weight is 415 g/mol. The summed E-state index contributed by atoms with van der Waals surface area (Å²) >= 11 is 0. The molecule has 5 rings (SSSR count). The summed E-state index contributed by atoms with van der Waals surface area (Å²) in [6, 6.07) is 3.52. The number of nitrogens with zero attached hydrogens (tertiary/aromatic N) is 5. The van der Waals surface area contributed by atoms with E-state index in [9.17, 15) is 8.42 Å². The molecule has 5 heterocycles. The molecule has 3 atom stereocenters. The van der Waals surface area contributed by atoms with Crippen LogP contribution in [0.5, 0.6) is 0 Å². The summed E-state index contributed by atoms with van der Waals surface area (Å²) in [6.45, 7) is 3.30. The Hall–Kier alpha value is -2.59. The van der Waals surface area contributed by atoms with E-state index in [-0.39, 0.29) is 22.9 Å². The molecule has 2 aliphatic rings. The molecule has 3 aromatic heterocycles. The number of sulfonamides is 1. The van der Waals surface area contributed by atoms with E-state index in [4.69, 9.17) is 9.05 Å². The zero-order valence-electron chi connectivity index (χ0n) is 16.1. The number of hydrogen-bond donors (Lipinski definition) is 0. The molecule has 29 heavy (non-hydrogen) atoms. The molecule has 1 unspecified atom stereocenters. The van der Waals surface area contributed by atoms with Crippen molar-refractivity contribution in [3.8, 4) is 11.4 Å². The maximum atomic E-state index is 13.4. The van der Waals surface area contributed by atoms with Crippen LogP contribution in [0.2, 0.25) is 0 Å². The monoisotopic (exact) mass is 415 g/mol. The molecule has 2 saturated heterocycles. The Morgan fingerprint density at radius 1 is 1.10 bits per heavy atom. The largest absolute Gasteiger partial charge is 0.360 e. The summed E-state index contributed by atoms with van der Waals surface area (Å²) in [5, 5.41) is 7.91. The highest BCUT2D eigenvalue weighted by atomic mass is 32.2. The van der Waals surface area contributed by atoms with Gasteiger partial charge < -0.3 is 9.05 Å². The second-order valence-corrected chi connectivity index (χ2v) is 9.52. The maximum absolute atomic E-state index is 13.4. The van der Waals surface area contributed by atoms with Gasteiger partial charge in [-0.3, -0.25) is 4.98 Å². The molecule has 2 fully saturated rings. The molecule has 0 saturated carbocycles. The lowest BCUT2D eigenvalue weighted by atomic mass is 9.92. The van der Waals surface area contributed by atoms with E-state index in [1.807, 2.05) is 12.1 Å². The number of aryl methyl sites for hydroxylation is 2. The van der Waals surface area contributed by atoms with Crippen molar-refractivity contribution >= 4 is 10.0 Å². The van der Waals surface area contributed by atoms with E-state index in [0.29, 0.717) is 36.0 Å². The van der Waals surface area contributed by atoms with Crippen LogP contribution in [0.3, 0.4) is 0 Å². The van der Waals surface area contributed by atoms with Crippen LogP contribution in [0.25, 0.3) is 11.4 Å². The van der Waals surface area contributed by atoms with Gasteiger partial charge in [-0.1, -0.05) is 10.3 Å². The minimum absolute atomic E-state index is 0.0431. The Bertz CT molecular complexity index is 1110. The third-order valence-corrected chi connectivity index (χ3v) is 8.13. The Kier molecular flexibility index (Phi) is 4.28. The Morgan fingerprint density at radius 3 is 2.48 bits per heavy atom. The van der Waals surface area contributed by atoms with E-state index in [0.717, 1.165) is 18.4 Å². The smallest absolute Gasteiger partial charge is 0.248 e. The SMILES string of the molecule is Cc1noc(C)c1S(=O)(=O)N1[C@@H]2CC[C@H]1CC(c1nc(-c3cccnc3)no1)C2. The highest BCUT2D eigenvalue weighted by Crippen LogP contribution is 2.46. The molecule has 152 valence electrons. The topological polar surface area (TPSA) is 115 Å². The number of hydrogen-bond acceptors (Lipinski definition) is 8. The first-order valence-electron chi connectivity index (χ1n) is 9.65. The molecule has 0 spiro atoms. The molecule has 2 bridgehead atoms. The van der Waals surface area contributed by atoms with Crippen molar-refractivity contribution in [3.05, 3.63) is 41.9 Å². The summed E-state index contributed by atoms with van der Waals surface area (Å²) in [4.78, 5) is 8.84. The summed E-state index contributed by atoms with van der Waals surface area (Å²) in [5.74, 6) is 1.45. The predicted octanol–water partition coefficient (Wildman–Crippen LogP) is 2.84. The van der Waals surface area contributed by atoms with Crippen molar-refractivity contribution < 1.29 is 17.5 Å². The van der Waals surface area contributed by atoms with E-state index < -0.39 is 10.0 Å². The Labute approximate surface area is 168 Å². The van der Waals surface area contributed by atoms with Gasteiger partial charge in [0.2, 0.25) is 21.7 Å². The van der Waals surface area contributed by atoms with E-state index in [1.54, 1.807) is 30.5 Å². The fraction of sp³-hybridized carbons (Fsp3) is 0.474. The van der Waals surface area contributed by atoms with Crippen LogP contribution in [0.4, 0.5) is 0 Å². The first kappa shape index (κ1) is 18.4. The molecule has 0 N–H and O–H groups in total. The van der Waals surface area contributed by atoms with Gasteiger partial charge in [-0.05, 0) is 51.7 Å². The van der Waals surface area contributed by atoms with Crippen molar-refractivity contribution in [2.75, 3.05) is 0 Å². The molecule has 0 aliphatic carbocycles. The number of piperidine rings is 1. The van der Waals surface area contributed by atoms with Crippen molar-refractivity contribution in [1.82, 2.24) is 24.6 Å². The van der Waals surface area contributed by atoms with Gasteiger partial charge in [0, 0.05) is 36.0 Å². The van der Waals surface area contributed by atoms with Crippen molar-refractivity contribution in [2.24, 2.45) is 0 Å². The minimum Gasteiger partial charge on any atom is -0.360 e. The molecule has 10 heteroatoms. The van der Waals surface area contributed by atoms with Gasteiger partial charge in [0.15, 0.2) is 5.76 Å². The van der Waals surface area contributed by atoms with Crippen molar-refractivity contribution in [2.45, 2.75) is 62.4 Å². The lowest BCUT2D eigenvalue weighted by Gasteiger charge is -2.36. The second-order valence-electron chi connectivity index (χ2n) is 7.74. The molecule has 0 amide bonds. The van der Waals surface area contributed by atoms with Crippen LogP contribution in [0.15, 0.2) is 38.5 Å². The van der Waals surface area contributed by atoms with Crippen molar-refractivity contribution in [1.29, 1.82) is 0 Å². The highest BCUT2D eigenvalue weighted by Gasteiger charge is 2.49. The van der Waals surface area contributed by atoms with Crippen LogP contribution in [0.1, 0.15) is 48.9 Å². The summed E-state index contributed by atoms with van der Waals surface area (Å²) in [5.41, 5.74) is 1.20. The Morgan fingerprint density at radius 2 is 1.86 bits per heavy atom. The average Bonchev–Trinajstić information content (AvgIpc) is 3.40. The highest BCUT2D eigenvalue weighted by molar-refractivity contribution is 7.89. The van der Waals surface area contributed by atoms with Gasteiger partial charge in [0.1, 0.15) is 10.6 Å². The van der Waals surface area contributed by atoms with Gasteiger partial charge in [0.05, 0.1) is 0 Å². The Balaban J connectivity index is 1.40. The third-order valence-electron chi connectivity index (χ3n) is 5.88. The van der Waals surface area contributed by atoms with Crippen LogP contribution >= 0.6 is 0 Å². The van der Waals surface area contributed by atoms with Crippen molar-refractivity contribution in [3.63, 3.8) is 0 Å². The molecule has 3 aromatic rings. The van der Waals surface area contributed by atoms with Gasteiger partial charge in [-0.15, -0.1) is 0 Å². The van der Waals surface area contributed by atoms with Gasteiger partial charge in [0.25, 0.3) is 0 Å². The molecule has 0 radical (unpaired) electrons. The van der Waals surface area contributed by atoms with E-state index >= 15 is 0 Å². The number of aromatic nitrogens is 4. The first-order chi connectivity index (χ1) is 13.9. The van der Waals surface area contributed by atoms with Gasteiger partial charge in [-0.2, -0.15) is 9.29 Å². The van der Waals surface area contributed by atoms with E-state index in [1.165, 1.54) is 0 Å².